The summed E-state index contributed by atoms with van der Waals surface area (Å²) >= 11 is 3.59. The SMILES string of the molecule is Fc1ccc(-c2nc3cc(Br)ccc3c3c4ccccc4c4ccccc4c23)cc1. The third-order valence-electron chi connectivity index (χ3n) is 5.75. The first kappa shape index (κ1) is 17.5. The maximum absolute atomic E-state index is 13.7. The molecule has 0 spiro atoms. The fourth-order valence-corrected chi connectivity index (χ4v) is 4.82. The van der Waals surface area contributed by atoms with Crippen LogP contribution in [0.1, 0.15) is 0 Å². The van der Waals surface area contributed by atoms with Gasteiger partial charge in [0.15, 0.2) is 0 Å². The minimum absolute atomic E-state index is 0.248. The lowest BCUT2D eigenvalue weighted by Crippen LogP contribution is -1.93. The van der Waals surface area contributed by atoms with Crippen molar-refractivity contribution in [1.82, 2.24) is 4.98 Å². The van der Waals surface area contributed by atoms with Gasteiger partial charge in [-0.2, -0.15) is 0 Å². The van der Waals surface area contributed by atoms with Gasteiger partial charge in [-0.05, 0) is 57.9 Å². The van der Waals surface area contributed by atoms with Crippen LogP contribution in [0.4, 0.5) is 4.39 Å². The average Bonchev–Trinajstić information content (AvgIpc) is 2.78. The second-order valence-corrected chi connectivity index (χ2v) is 8.39. The van der Waals surface area contributed by atoms with Crippen molar-refractivity contribution in [3.05, 3.63) is 101 Å². The molecule has 0 fully saturated rings. The van der Waals surface area contributed by atoms with E-state index >= 15 is 0 Å². The largest absolute Gasteiger partial charge is 0.247 e. The van der Waals surface area contributed by atoms with Gasteiger partial charge in [0.1, 0.15) is 5.82 Å². The third kappa shape index (κ3) is 2.55. The van der Waals surface area contributed by atoms with Crippen molar-refractivity contribution >= 4 is 59.2 Å². The molecule has 1 heterocycles. The summed E-state index contributed by atoms with van der Waals surface area (Å²) in [5, 5.41) is 8.17. The number of nitrogens with zero attached hydrogens (tertiary/aromatic N) is 1. The molecule has 0 radical (unpaired) electrons. The van der Waals surface area contributed by atoms with Gasteiger partial charge in [0.05, 0.1) is 11.2 Å². The van der Waals surface area contributed by atoms with E-state index in [0.717, 1.165) is 37.4 Å². The molecule has 1 nitrogen and oxygen atoms in total. The topological polar surface area (TPSA) is 12.9 Å². The van der Waals surface area contributed by atoms with E-state index in [2.05, 4.69) is 76.6 Å². The highest BCUT2D eigenvalue weighted by atomic mass is 79.9. The zero-order valence-corrected chi connectivity index (χ0v) is 17.4. The number of pyridine rings is 1. The van der Waals surface area contributed by atoms with E-state index in [4.69, 9.17) is 4.98 Å². The van der Waals surface area contributed by atoms with Crippen LogP contribution in [-0.2, 0) is 0 Å². The van der Waals surface area contributed by atoms with Crippen LogP contribution in [0.25, 0.3) is 54.5 Å². The van der Waals surface area contributed by atoms with Crippen molar-refractivity contribution in [2.45, 2.75) is 0 Å². The number of hydrogen-bond donors (Lipinski definition) is 0. The predicted molar refractivity (Wildman–Crippen MR) is 127 cm³/mol. The van der Waals surface area contributed by atoms with Crippen LogP contribution in [0, 0.1) is 5.82 Å². The molecule has 0 bridgehead atoms. The van der Waals surface area contributed by atoms with Crippen molar-refractivity contribution in [3.63, 3.8) is 0 Å². The fraction of sp³-hybridized carbons (Fsp3) is 0. The second-order valence-electron chi connectivity index (χ2n) is 7.47. The quantitative estimate of drug-likeness (QED) is 0.229. The Labute approximate surface area is 180 Å². The zero-order valence-electron chi connectivity index (χ0n) is 15.9. The highest BCUT2D eigenvalue weighted by molar-refractivity contribution is 9.10. The van der Waals surface area contributed by atoms with Crippen molar-refractivity contribution < 1.29 is 4.39 Å². The Hall–Kier alpha value is -3.30. The predicted octanol–water partition coefficient (Wildman–Crippen LogP) is 8.26. The lowest BCUT2D eigenvalue weighted by Gasteiger charge is -2.16. The standard InChI is InChI=1S/C27H15BrFN/c28-17-11-14-23-24(15-17)30-27(16-9-12-18(29)13-10-16)26-22-8-4-2-6-20(22)19-5-1-3-7-21(19)25(23)26/h1-15H. The summed E-state index contributed by atoms with van der Waals surface area (Å²) in [5.41, 5.74) is 2.69. The summed E-state index contributed by atoms with van der Waals surface area (Å²) in [6, 6.07) is 29.8. The molecule has 0 aliphatic rings. The van der Waals surface area contributed by atoms with E-state index < -0.39 is 0 Å². The van der Waals surface area contributed by atoms with Gasteiger partial charge in [0.2, 0.25) is 0 Å². The minimum atomic E-state index is -0.248. The second kappa shape index (κ2) is 6.61. The molecule has 0 amide bonds. The van der Waals surface area contributed by atoms with Crippen LogP contribution < -0.4 is 0 Å². The molecule has 6 aromatic rings. The van der Waals surface area contributed by atoms with Crippen molar-refractivity contribution in [1.29, 1.82) is 0 Å². The van der Waals surface area contributed by atoms with Gasteiger partial charge in [-0.15, -0.1) is 0 Å². The van der Waals surface area contributed by atoms with E-state index in [1.165, 1.54) is 33.7 Å². The maximum Gasteiger partial charge on any atom is 0.123 e. The van der Waals surface area contributed by atoms with Crippen molar-refractivity contribution in [2.24, 2.45) is 0 Å². The monoisotopic (exact) mass is 451 g/mol. The van der Waals surface area contributed by atoms with Crippen LogP contribution in [0.5, 0.6) is 0 Å². The van der Waals surface area contributed by atoms with Crippen molar-refractivity contribution in [2.75, 3.05) is 0 Å². The highest BCUT2D eigenvalue weighted by Gasteiger charge is 2.17. The first-order chi connectivity index (χ1) is 14.7. The molecule has 0 N–H and O–H groups in total. The molecule has 0 saturated heterocycles. The summed E-state index contributed by atoms with van der Waals surface area (Å²) in [7, 11) is 0. The number of rotatable bonds is 1. The first-order valence-electron chi connectivity index (χ1n) is 9.79. The minimum Gasteiger partial charge on any atom is -0.247 e. The maximum atomic E-state index is 13.7. The van der Waals surface area contributed by atoms with Gasteiger partial charge in [-0.25, -0.2) is 9.37 Å². The first-order valence-corrected chi connectivity index (χ1v) is 10.6. The summed E-state index contributed by atoms with van der Waals surface area (Å²) in [5.74, 6) is -0.248. The molecule has 0 atom stereocenters. The van der Waals surface area contributed by atoms with Crippen LogP contribution in [0.2, 0.25) is 0 Å². The number of fused-ring (bicyclic) bond motifs is 8. The third-order valence-corrected chi connectivity index (χ3v) is 6.24. The van der Waals surface area contributed by atoms with Crippen LogP contribution in [-0.4, -0.2) is 4.98 Å². The summed E-state index contributed by atoms with van der Waals surface area (Å²) in [4.78, 5) is 5.07. The molecule has 6 rings (SSSR count). The van der Waals surface area contributed by atoms with E-state index in [1.807, 2.05) is 18.2 Å². The normalized spacial score (nSPS) is 11.7. The van der Waals surface area contributed by atoms with Gasteiger partial charge in [0.25, 0.3) is 0 Å². The Morgan fingerprint density at radius 2 is 1.20 bits per heavy atom. The zero-order chi connectivity index (χ0) is 20.2. The van der Waals surface area contributed by atoms with Gasteiger partial charge in [-0.3, -0.25) is 0 Å². The van der Waals surface area contributed by atoms with Crippen LogP contribution >= 0.6 is 15.9 Å². The molecule has 30 heavy (non-hydrogen) atoms. The smallest absolute Gasteiger partial charge is 0.123 e. The summed E-state index contributed by atoms with van der Waals surface area (Å²) < 4.78 is 14.6. The molecule has 142 valence electrons. The average molecular weight is 452 g/mol. The van der Waals surface area contributed by atoms with Crippen LogP contribution in [0.3, 0.4) is 0 Å². The van der Waals surface area contributed by atoms with E-state index in [9.17, 15) is 4.39 Å². The van der Waals surface area contributed by atoms with Crippen LogP contribution in [0.15, 0.2) is 95.5 Å². The Morgan fingerprint density at radius 3 is 1.87 bits per heavy atom. The summed E-state index contributed by atoms with van der Waals surface area (Å²) in [6.45, 7) is 0. The molecule has 0 aliphatic heterocycles. The van der Waals surface area contributed by atoms with Crippen molar-refractivity contribution in [3.8, 4) is 11.3 Å². The number of hydrogen-bond acceptors (Lipinski definition) is 1. The molecule has 0 aliphatic carbocycles. The van der Waals surface area contributed by atoms with E-state index in [0.29, 0.717) is 0 Å². The Kier molecular flexibility index (Phi) is 3.87. The molecule has 5 aromatic carbocycles. The molecule has 0 unspecified atom stereocenters. The number of halogens is 2. The summed E-state index contributed by atoms with van der Waals surface area (Å²) in [6.07, 6.45) is 0. The van der Waals surface area contributed by atoms with Gasteiger partial charge < -0.3 is 0 Å². The molecule has 0 saturated carbocycles. The van der Waals surface area contributed by atoms with Gasteiger partial charge in [-0.1, -0.05) is 70.5 Å². The lowest BCUT2D eigenvalue weighted by molar-refractivity contribution is 0.628. The Bertz CT molecular complexity index is 1600. The number of aromatic nitrogens is 1. The fourth-order valence-electron chi connectivity index (χ4n) is 4.47. The van der Waals surface area contributed by atoms with E-state index in [1.54, 1.807) is 0 Å². The van der Waals surface area contributed by atoms with E-state index in [-0.39, 0.29) is 5.82 Å². The Balaban J connectivity index is 1.96. The Morgan fingerprint density at radius 1 is 0.600 bits per heavy atom. The molecule has 3 heteroatoms. The molecular formula is C27H15BrFN. The highest BCUT2D eigenvalue weighted by Crippen LogP contribution is 2.42. The van der Waals surface area contributed by atoms with Gasteiger partial charge in [0, 0.05) is 26.2 Å². The molecule has 1 aromatic heterocycles. The lowest BCUT2D eigenvalue weighted by atomic mass is 9.90. The van der Waals surface area contributed by atoms with Gasteiger partial charge >= 0.3 is 0 Å². The number of benzene rings is 5. The molecular weight excluding hydrogens is 437 g/mol.